The monoisotopic (exact) mass is 487 g/mol. The van der Waals surface area contributed by atoms with Crippen LogP contribution in [0.3, 0.4) is 0 Å². The number of benzene rings is 2. The number of phenols is 1. The van der Waals surface area contributed by atoms with Gasteiger partial charge in [0.25, 0.3) is 5.91 Å². The van der Waals surface area contributed by atoms with Gasteiger partial charge in [0.1, 0.15) is 5.75 Å². The van der Waals surface area contributed by atoms with Gasteiger partial charge in [0.2, 0.25) is 5.78 Å². The fraction of sp³-hybridized carbons (Fsp3) is 0. The first-order valence-electron chi connectivity index (χ1n) is 7.88. The number of ketones is 1. The van der Waals surface area contributed by atoms with E-state index in [1.54, 1.807) is 48.5 Å². The summed E-state index contributed by atoms with van der Waals surface area (Å²) in [5, 5.41) is 12.6. The Hall–Kier alpha value is -2.64. The van der Waals surface area contributed by atoms with Crippen molar-refractivity contribution in [2.75, 3.05) is 5.32 Å². The van der Waals surface area contributed by atoms with Crippen LogP contribution in [0.5, 0.6) is 5.75 Å². The van der Waals surface area contributed by atoms with Gasteiger partial charge in [-0.25, -0.2) is 0 Å². The Morgan fingerprint density at radius 3 is 2.52 bits per heavy atom. The molecule has 4 rings (SSSR count). The van der Waals surface area contributed by atoms with E-state index in [-0.39, 0.29) is 23.2 Å². The minimum absolute atomic E-state index is 0.0831. The first-order chi connectivity index (χ1) is 12.9. The Morgan fingerprint density at radius 1 is 1.11 bits per heavy atom. The van der Waals surface area contributed by atoms with E-state index in [0.29, 0.717) is 36.9 Å². The first kappa shape index (κ1) is 17.8. The van der Waals surface area contributed by atoms with Crippen molar-refractivity contribution in [1.29, 1.82) is 0 Å². The quantitative estimate of drug-likeness (QED) is 0.390. The highest BCUT2D eigenvalue weighted by molar-refractivity contribution is 9.11. The van der Waals surface area contributed by atoms with Crippen LogP contribution in [0.1, 0.15) is 27.2 Å². The molecule has 0 spiro atoms. The van der Waals surface area contributed by atoms with E-state index in [1.807, 2.05) is 0 Å². The second-order valence-corrected chi connectivity index (χ2v) is 7.62. The summed E-state index contributed by atoms with van der Waals surface area (Å²) in [4.78, 5) is 24.9. The fourth-order valence-corrected chi connectivity index (χ4v) is 4.08. The van der Waals surface area contributed by atoms with Gasteiger partial charge < -0.3 is 14.8 Å². The molecule has 0 unspecified atom stereocenters. The van der Waals surface area contributed by atoms with Crippen LogP contribution in [0, 0.1) is 0 Å². The molecule has 5 nitrogen and oxygen atoms in total. The first-order valence-corrected chi connectivity index (χ1v) is 9.46. The lowest BCUT2D eigenvalue weighted by Gasteiger charge is -2.05. The standard InChI is InChI=1S/C20H11Br2NO4/c21-14-7-10(8-15(22)19(14)25)6-13-12-9-11(3-4-16(12)23-20(13)26)18(24)17-2-1-5-27-17/h1-9,25H,(H,23,26). The van der Waals surface area contributed by atoms with Gasteiger partial charge in [-0.3, -0.25) is 9.59 Å². The lowest BCUT2D eigenvalue weighted by Crippen LogP contribution is -2.03. The van der Waals surface area contributed by atoms with Gasteiger partial charge in [-0.15, -0.1) is 0 Å². The van der Waals surface area contributed by atoms with Crippen LogP contribution in [0.15, 0.2) is 62.1 Å². The zero-order chi connectivity index (χ0) is 19.1. The molecule has 134 valence electrons. The number of amides is 1. The van der Waals surface area contributed by atoms with E-state index in [1.165, 1.54) is 6.26 Å². The molecule has 0 fully saturated rings. The van der Waals surface area contributed by atoms with Crippen molar-refractivity contribution in [2.45, 2.75) is 0 Å². The zero-order valence-electron chi connectivity index (χ0n) is 13.6. The SMILES string of the molecule is O=C1Nc2ccc(C(=O)c3ccco3)cc2C1=Cc1cc(Br)c(O)c(Br)c1. The molecule has 2 N–H and O–H groups in total. The summed E-state index contributed by atoms with van der Waals surface area (Å²) in [7, 11) is 0. The minimum atomic E-state index is -0.257. The number of fused-ring (bicyclic) bond motifs is 1. The zero-order valence-corrected chi connectivity index (χ0v) is 16.8. The number of phenolic OH excluding ortho intramolecular Hbond substituents is 1. The summed E-state index contributed by atoms with van der Waals surface area (Å²) in [6, 6.07) is 11.7. The molecule has 0 saturated carbocycles. The molecule has 7 heteroatoms. The Labute approximate surface area is 171 Å². The summed E-state index contributed by atoms with van der Waals surface area (Å²) < 4.78 is 6.18. The van der Waals surface area contributed by atoms with Gasteiger partial charge in [-0.1, -0.05) is 0 Å². The molecule has 2 aromatic carbocycles. The summed E-state index contributed by atoms with van der Waals surface area (Å²) in [5.41, 5.74) is 2.85. The summed E-state index contributed by atoms with van der Waals surface area (Å²) in [6.45, 7) is 0. The fourth-order valence-electron chi connectivity index (χ4n) is 2.86. The number of nitrogens with one attached hydrogen (secondary N) is 1. The summed E-state index contributed by atoms with van der Waals surface area (Å²) >= 11 is 6.56. The molecule has 1 aliphatic rings. The lowest BCUT2D eigenvalue weighted by atomic mass is 9.99. The molecule has 1 aliphatic heterocycles. The average molecular weight is 489 g/mol. The van der Waals surface area contributed by atoms with Crippen molar-refractivity contribution in [3.63, 3.8) is 0 Å². The van der Waals surface area contributed by atoms with Gasteiger partial charge in [0, 0.05) is 22.4 Å². The number of hydrogen-bond acceptors (Lipinski definition) is 4. The smallest absolute Gasteiger partial charge is 0.256 e. The van der Waals surface area contributed by atoms with Crippen molar-refractivity contribution < 1.29 is 19.1 Å². The Morgan fingerprint density at radius 2 is 1.85 bits per heavy atom. The van der Waals surface area contributed by atoms with Crippen LogP contribution in [-0.4, -0.2) is 16.8 Å². The van der Waals surface area contributed by atoms with E-state index in [4.69, 9.17) is 4.42 Å². The molecule has 0 aliphatic carbocycles. The van der Waals surface area contributed by atoms with Crippen molar-refractivity contribution >= 4 is 60.9 Å². The van der Waals surface area contributed by atoms with Gasteiger partial charge in [-0.05, 0) is 86.0 Å². The number of hydrogen-bond donors (Lipinski definition) is 2. The second-order valence-electron chi connectivity index (χ2n) is 5.91. The maximum absolute atomic E-state index is 12.5. The maximum atomic E-state index is 12.5. The molecule has 27 heavy (non-hydrogen) atoms. The highest BCUT2D eigenvalue weighted by atomic mass is 79.9. The number of carbonyl (C=O) groups is 2. The molecule has 0 saturated heterocycles. The molecule has 0 atom stereocenters. The van der Waals surface area contributed by atoms with Crippen LogP contribution in [0.25, 0.3) is 11.6 Å². The predicted octanol–water partition coefficient (Wildman–Crippen LogP) is 5.23. The van der Waals surface area contributed by atoms with Crippen molar-refractivity contribution in [2.24, 2.45) is 0 Å². The predicted molar refractivity (Wildman–Crippen MR) is 109 cm³/mol. The average Bonchev–Trinajstić information content (AvgIpc) is 3.27. The van der Waals surface area contributed by atoms with E-state index in [2.05, 4.69) is 37.2 Å². The molecule has 1 amide bonds. The topological polar surface area (TPSA) is 79.5 Å². The van der Waals surface area contributed by atoms with E-state index < -0.39 is 0 Å². The van der Waals surface area contributed by atoms with Crippen LogP contribution in [0.4, 0.5) is 5.69 Å². The van der Waals surface area contributed by atoms with Crippen molar-refractivity contribution in [1.82, 2.24) is 0 Å². The number of anilines is 1. The molecule has 0 radical (unpaired) electrons. The number of halogens is 2. The third-order valence-corrected chi connectivity index (χ3v) is 5.37. The van der Waals surface area contributed by atoms with E-state index in [9.17, 15) is 14.7 Å². The Balaban J connectivity index is 1.78. The number of aromatic hydroxyl groups is 1. The van der Waals surface area contributed by atoms with E-state index in [0.717, 1.165) is 0 Å². The largest absolute Gasteiger partial charge is 0.506 e. The van der Waals surface area contributed by atoms with Crippen LogP contribution in [-0.2, 0) is 4.79 Å². The molecule has 2 heterocycles. The normalized spacial score (nSPS) is 14.3. The van der Waals surface area contributed by atoms with Gasteiger partial charge in [0.05, 0.1) is 15.2 Å². The number of carbonyl (C=O) groups excluding carboxylic acids is 2. The molecule has 1 aromatic heterocycles. The van der Waals surface area contributed by atoms with Crippen LogP contribution < -0.4 is 5.32 Å². The molecular weight excluding hydrogens is 478 g/mol. The molecular formula is C20H11Br2NO4. The minimum Gasteiger partial charge on any atom is -0.506 e. The summed E-state index contributed by atoms with van der Waals surface area (Å²) in [6.07, 6.45) is 3.15. The highest BCUT2D eigenvalue weighted by Crippen LogP contribution is 2.37. The van der Waals surface area contributed by atoms with E-state index >= 15 is 0 Å². The van der Waals surface area contributed by atoms with Gasteiger partial charge >= 0.3 is 0 Å². The third-order valence-electron chi connectivity index (χ3n) is 4.16. The van der Waals surface area contributed by atoms with Crippen LogP contribution in [0.2, 0.25) is 0 Å². The second kappa shape index (κ2) is 6.83. The summed E-state index contributed by atoms with van der Waals surface area (Å²) in [5.74, 6) is -0.187. The van der Waals surface area contributed by atoms with Crippen molar-refractivity contribution in [3.8, 4) is 5.75 Å². The van der Waals surface area contributed by atoms with Crippen molar-refractivity contribution in [3.05, 3.63) is 80.1 Å². The lowest BCUT2D eigenvalue weighted by molar-refractivity contribution is -0.110. The number of furan rings is 1. The number of rotatable bonds is 3. The molecule has 3 aromatic rings. The highest BCUT2D eigenvalue weighted by Gasteiger charge is 2.26. The Kier molecular flexibility index (Phi) is 4.49. The van der Waals surface area contributed by atoms with Gasteiger partial charge in [0.15, 0.2) is 5.76 Å². The van der Waals surface area contributed by atoms with Gasteiger partial charge in [-0.2, -0.15) is 0 Å². The Bertz CT molecular complexity index is 1090. The third kappa shape index (κ3) is 3.24. The maximum Gasteiger partial charge on any atom is 0.256 e. The van der Waals surface area contributed by atoms with Crippen LogP contribution >= 0.6 is 31.9 Å². The molecule has 0 bridgehead atoms.